The number of aromatic amines is 2. The number of ketones is 3. The van der Waals surface area contributed by atoms with Crippen LogP contribution in [0.3, 0.4) is 0 Å². The molecule has 8 bridgehead atoms. The molecule has 3 aromatic heterocycles. The van der Waals surface area contributed by atoms with Crippen molar-refractivity contribution < 1.29 is 71.8 Å². The number of hydrogen-bond acceptors (Lipinski definition) is 17. The number of nitrogens with zero attached hydrogens (tertiary/aromatic N) is 2. The van der Waals surface area contributed by atoms with Crippen LogP contribution in [0.25, 0.3) is 51.4 Å². The maximum Gasteiger partial charge on any atom is 0.311 e. The summed E-state index contributed by atoms with van der Waals surface area (Å²) in [4.78, 5) is 109. The minimum atomic E-state index is -0.556. The van der Waals surface area contributed by atoms with Crippen LogP contribution < -0.4 is 19.5 Å². The number of phenols is 1. The van der Waals surface area contributed by atoms with Crippen LogP contribution in [0.5, 0.6) is 23.0 Å². The maximum absolute atomic E-state index is 14.6. The maximum atomic E-state index is 14.6. The summed E-state index contributed by atoms with van der Waals surface area (Å²) in [6.07, 6.45) is 9.16. The lowest BCUT2D eigenvalue weighted by molar-refractivity contribution is -0.141. The van der Waals surface area contributed by atoms with Gasteiger partial charge in [-0.2, -0.15) is 0 Å². The molecule has 89 heavy (non-hydrogen) atoms. The van der Waals surface area contributed by atoms with Crippen molar-refractivity contribution in [3.05, 3.63) is 135 Å². The van der Waals surface area contributed by atoms with Gasteiger partial charge < -0.3 is 53.5 Å². The van der Waals surface area contributed by atoms with Crippen molar-refractivity contribution in [3.8, 4) is 23.0 Å². The predicted molar refractivity (Wildman–Crippen MR) is 339 cm³/mol. The molecule has 7 rings (SSSR count). The number of Topliss-reactive ketones (excluding diaryl/α,β-unsaturated/α-hetero) is 1. The minimum absolute atomic E-state index is 0.00428. The molecule has 2 aliphatic rings. The molecule has 0 spiro atoms. The first-order valence-corrected chi connectivity index (χ1v) is 29.7. The Morgan fingerprint density at radius 2 is 1.33 bits per heavy atom. The number of carbonyl (C=O) groups is 7. The van der Waals surface area contributed by atoms with Gasteiger partial charge in [0.2, 0.25) is 0 Å². The van der Waals surface area contributed by atoms with E-state index in [1.807, 2.05) is 39.0 Å². The second-order valence-corrected chi connectivity index (χ2v) is 21.6. The van der Waals surface area contributed by atoms with Gasteiger partial charge in [0.15, 0.2) is 34.6 Å². The Morgan fingerprint density at radius 1 is 0.674 bits per heavy atom. The SMILES string of the molecule is C=Cc1c(C)c2cc3nc(c(CC(=O)OC)c4nc(cc5[nH]c(cc1[nH]2)c(C)c5CC)C(C)=C4C(=O)NCCOCCOCCCC(=O)CCCC(=O)Oc1ccc(/C=C/C(=O)CC(=O)/C=C/c2ccc(O)c(OC)c2)cc1OC)C(CCC(=O)OC)C3C. The van der Waals surface area contributed by atoms with Gasteiger partial charge in [-0.1, -0.05) is 50.8 Å². The summed E-state index contributed by atoms with van der Waals surface area (Å²) in [6.45, 7) is 15.2. The number of esters is 3. The Morgan fingerprint density at radius 3 is 2.00 bits per heavy atom. The fourth-order valence-corrected chi connectivity index (χ4v) is 10.8. The lowest BCUT2D eigenvalue weighted by Gasteiger charge is -2.18. The van der Waals surface area contributed by atoms with E-state index in [9.17, 15) is 38.7 Å². The van der Waals surface area contributed by atoms with E-state index in [0.29, 0.717) is 65.2 Å². The number of aryl methyl sites for hydroxylation is 3. The van der Waals surface area contributed by atoms with Gasteiger partial charge in [0.1, 0.15) is 5.78 Å². The zero-order chi connectivity index (χ0) is 64.3. The average Bonchev–Trinajstić information content (AvgIpc) is 1.64. The summed E-state index contributed by atoms with van der Waals surface area (Å²) < 4.78 is 37.9. The Balaban J connectivity index is 0.905. The standard InChI is InChI=1S/C69H79N5O15/c1-11-49-40(3)53-37-55-42(5)51(24-27-63(79)85-9)67(73-55)52(36-65(81)86-10)68-66(43(6)56(74-68)39-58-50(12-2)41(4)54(72-58)38-57(49)71-53)69(82)70-28-30-88-32-31-87-29-14-16-46(75)15-13-17-64(80)89-60-26-21-45(34-62(60)84-8)19-23-48(77)35-47(76)22-18-44-20-25-59(78)61(33-44)83-7/h11,18-23,25-26,33-34,37-39,42,51,71-72,78H,1,12-17,24,27-32,35-36H2,2-10H3,(H,70,82)/b22-18+,23-19+,53-37?,54-38?,55-37?,56-39?,57-38?,58-39?,67-52?,68-52?. The van der Waals surface area contributed by atoms with Crippen LogP contribution in [-0.2, 0) is 65.4 Å². The molecule has 2 unspecified atom stereocenters. The normalized spacial score (nSPS) is 13.8. The van der Waals surface area contributed by atoms with Crippen LogP contribution >= 0.6 is 0 Å². The lowest BCUT2D eigenvalue weighted by atomic mass is 9.84. The molecule has 4 N–H and O–H groups in total. The van der Waals surface area contributed by atoms with Gasteiger partial charge in [-0.25, -0.2) is 4.98 Å². The second-order valence-electron chi connectivity index (χ2n) is 21.6. The van der Waals surface area contributed by atoms with E-state index >= 15 is 0 Å². The molecule has 20 nitrogen and oxygen atoms in total. The Labute approximate surface area is 517 Å². The highest BCUT2D eigenvalue weighted by atomic mass is 16.6. The number of H-pyrrole nitrogens is 2. The van der Waals surface area contributed by atoms with Gasteiger partial charge in [0.25, 0.3) is 5.91 Å². The number of aromatic hydroxyl groups is 1. The predicted octanol–water partition coefficient (Wildman–Crippen LogP) is 10.9. The van der Waals surface area contributed by atoms with E-state index < -0.39 is 29.4 Å². The number of allylic oxidation sites excluding steroid dienone is 3. The summed E-state index contributed by atoms with van der Waals surface area (Å²) in [5, 5.41) is 12.8. The van der Waals surface area contributed by atoms with Crippen molar-refractivity contribution in [2.24, 2.45) is 0 Å². The highest BCUT2D eigenvalue weighted by Crippen LogP contribution is 2.44. The number of amides is 1. The monoisotopic (exact) mass is 1220 g/mol. The van der Waals surface area contributed by atoms with Crippen LogP contribution in [0.1, 0.15) is 146 Å². The van der Waals surface area contributed by atoms with Crippen molar-refractivity contribution in [3.63, 3.8) is 0 Å². The molecule has 2 aliphatic heterocycles. The molecule has 0 saturated carbocycles. The van der Waals surface area contributed by atoms with Crippen molar-refractivity contribution in [2.75, 3.05) is 61.4 Å². The molecule has 0 fully saturated rings. The first kappa shape index (κ1) is 67.2. The number of methoxy groups -OCH3 is 4. The van der Waals surface area contributed by atoms with E-state index in [2.05, 4.69) is 41.8 Å². The fraction of sp³-hybridized carbons (Fsp3) is 0.377. The zero-order valence-electron chi connectivity index (χ0n) is 52.1. The van der Waals surface area contributed by atoms with Crippen LogP contribution in [-0.4, -0.2) is 128 Å². The minimum Gasteiger partial charge on any atom is -0.504 e. The quantitative estimate of drug-likeness (QED) is 0.0106. The third-order valence-electron chi connectivity index (χ3n) is 15.8. The largest absolute Gasteiger partial charge is 0.504 e. The number of hydrogen-bond donors (Lipinski definition) is 4. The molecule has 0 radical (unpaired) electrons. The summed E-state index contributed by atoms with van der Waals surface area (Å²) in [5.41, 5.74) is 12.0. The van der Waals surface area contributed by atoms with Crippen molar-refractivity contribution in [1.29, 1.82) is 0 Å². The van der Waals surface area contributed by atoms with Crippen molar-refractivity contribution in [2.45, 2.75) is 111 Å². The van der Waals surface area contributed by atoms with E-state index in [-0.39, 0.29) is 129 Å². The number of phenolic OH excluding ortho intramolecular Hbond substituents is 1. The lowest BCUT2D eigenvalue weighted by Crippen LogP contribution is -2.29. The zero-order valence-corrected chi connectivity index (χ0v) is 52.1. The molecular formula is C69H79N5O15. The molecule has 20 heteroatoms. The molecule has 5 heterocycles. The number of nitrogens with one attached hydrogen (secondary N) is 3. The molecular weight excluding hydrogens is 1140 g/mol. The van der Waals surface area contributed by atoms with Crippen LogP contribution in [0.4, 0.5) is 0 Å². The topological polar surface area (TPSA) is 274 Å². The highest BCUT2D eigenvalue weighted by Gasteiger charge is 2.36. The summed E-state index contributed by atoms with van der Waals surface area (Å²) >= 11 is 0. The van der Waals surface area contributed by atoms with Crippen molar-refractivity contribution in [1.82, 2.24) is 25.3 Å². The summed E-state index contributed by atoms with van der Waals surface area (Å²) in [6, 6.07) is 15.4. The molecule has 2 aromatic carbocycles. The third kappa shape index (κ3) is 17.5. The first-order valence-electron chi connectivity index (χ1n) is 29.7. The van der Waals surface area contributed by atoms with Crippen LogP contribution in [0.2, 0.25) is 0 Å². The molecule has 0 saturated heterocycles. The average molecular weight is 1220 g/mol. The van der Waals surface area contributed by atoms with Gasteiger partial charge >= 0.3 is 17.9 Å². The van der Waals surface area contributed by atoms with Crippen LogP contribution in [0, 0.1) is 13.8 Å². The number of ether oxygens (including phenoxy) is 7. The number of benzene rings is 2. The fourth-order valence-electron chi connectivity index (χ4n) is 10.8. The van der Waals surface area contributed by atoms with E-state index in [1.165, 1.54) is 64.9 Å². The van der Waals surface area contributed by atoms with E-state index in [0.717, 1.165) is 44.3 Å². The molecule has 0 aliphatic carbocycles. The van der Waals surface area contributed by atoms with Crippen LogP contribution in [0.15, 0.2) is 73.3 Å². The Hall–Kier alpha value is -9.27. The molecule has 5 aromatic rings. The van der Waals surface area contributed by atoms with Gasteiger partial charge in [-0.3, -0.25) is 38.5 Å². The van der Waals surface area contributed by atoms with Crippen molar-refractivity contribution >= 4 is 92.6 Å². The number of carbonyl (C=O) groups excluding carboxylic acids is 7. The van der Waals surface area contributed by atoms with E-state index in [1.54, 1.807) is 24.3 Å². The Bertz CT molecular complexity index is 3770. The Kier molecular flexibility index (Phi) is 24.3. The summed E-state index contributed by atoms with van der Waals surface area (Å²) in [5.74, 6) is -2.74. The molecule has 1 amide bonds. The van der Waals surface area contributed by atoms with Gasteiger partial charge in [-0.05, 0) is 134 Å². The van der Waals surface area contributed by atoms with Gasteiger partial charge in [-0.15, -0.1) is 0 Å². The second kappa shape index (κ2) is 32.1. The number of rotatable bonds is 31. The third-order valence-corrected chi connectivity index (χ3v) is 15.8. The first-order chi connectivity index (χ1) is 42.8. The van der Waals surface area contributed by atoms with Gasteiger partial charge in [0, 0.05) is 89.6 Å². The van der Waals surface area contributed by atoms with E-state index in [4.69, 9.17) is 43.1 Å². The molecule has 470 valence electrons. The number of aromatic nitrogens is 4. The summed E-state index contributed by atoms with van der Waals surface area (Å²) in [7, 11) is 5.47. The molecule has 2 atom stereocenters. The van der Waals surface area contributed by atoms with Gasteiger partial charge in [0.05, 0.1) is 83.8 Å². The smallest absolute Gasteiger partial charge is 0.311 e. The number of fused-ring (bicyclic) bond motifs is 8. The highest BCUT2D eigenvalue weighted by molar-refractivity contribution is 6.27.